The molecule has 1 nitrogen and oxygen atoms in total. The molecule has 0 N–H and O–H groups in total. The SMILES string of the molecule is CCc1ccc(-c2ccc(Cl)cc2)c(-c2ccc3cc(C)ccc3n2)c1. The number of halogens is 1. The first-order valence-corrected chi connectivity index (χ1v) is 9.28. The minimum atomic E-state index is 0.750. The Morgan fingerprint density at radius 2 is 1.62 bits per heavy atom. The molecule has 0 aliphatic carbocycles. The third-order valence-corrected chi connectivity index (χ3v) is 5.02. The van der Waals surface area contributed by atoms with Crippen molar-refractivity contribution >= 4 is 22.5 Å². The van der Waals surface area contributed by atoms with E-state index in [4.69, 9.17) is 16.6 Å². The average Bonchev–Trinajstić information content (AvgIpc) is 2.68. The minimum Gasteiger partial charge on any atom is -0.248 e. The Hall–Kier alpha value is -2.64. The number of hydrogen-bond acceptors (Lipinski definition) is 1. The Bertz CT molecular complexity index is 1080. The molecular weight excluding hydrogens is 338 g/mol. The molecular formula is C24H20ClN. The van der Waals surface area contributed by atoms with E-state index in [0.29, 0.717) is 0 Å². The number of pyridine rings is 1. The van der Waals surface area contributed by atoms with E-state index in [1.54, 1.807) is 0 Å². The first-order valence-electron chi connectivity index (χ1n) is 8.90. The lowest BCUT2D eigenvalue weighted by Crippen LogP contribution is -1.92. The van der Waals surface area contributed by atoms with Crippen LogP contribution < -0.4 is 0 Å². The fourth-order valence-electron chi connectivity index (χ4n) is 3.30. The van der Waals surface area contributed by atoms with Crippen LogP contribution >= 0.6 is 11.6 Å². The normalized spacial score (nSPS) is 11.0. The van der Waals surface area contributed by atoms with Crippen LogP contribution in [0.15, 0.2) is 72.8 Å². The molecule has 1 aromatic heterocycles. The van der Waals surface area contributed by atoms with Crippen molar-refractivity contribution in [2.75, 3.05) is 0 Å². The highest BCUT2D eigenvalue weighted by Gasteiger charge is 2.11. The summed E-state index contributed by atoms with van der Waals surface area (Å²) in [4.78, 5) is 4.94. The lowest BCUT2D eigenvalue weighted by Gasteiger charge is -2.13. The van der Waals surface area contributed by atoms with E-state index in [2.05, 4.69) is 74.5 Å². The van der Waals surface area contributed by atoms with E-state index >= 15 is 0 Å². The summed E-state index contributed by atoms with van der Waals surface area (Å²) in [5.41, 5.74) is 8.08. The maximum Gasteiger partial charge on any atom is 0.0716 e. The number of rotatable bonds is 3. The Morgan fingerprint density at radius 1 is 0.808 bits per heavy atom. The number of fused-ring (bicyclic) bond motifs is 1. The lowest BCUT2D eigenvalue weighted by atomic mass is 9.94. The topological polar surface area (TPSA) is 12.9 Å². The van der Waals surface area contributed by atoms with Gasteiger partial charge in [0.1, 0.15) is 0 Å². The van der Waals surface area contributed by atoms with Gasteiger partial charge in [-0.05, 0) is 66.4 Å². The Kier molecular flexibility index (Phi) is 4.48. The van der Waals surface area contributed by atoms with Crippen LogP contribution in [0.5, 0.6) is 0 Å². The molecule has 1 heterocycles. The Balaban J connectivity index is 1.91. The van der Waals surface area contributed by atoms with Crippen molar-refractivity contribution in [2.24, 2.45) is 0 Å². The maximum atomic E-state index is 6.07. The standard InChI is InChI=1S/C24H20ClN/c1-3-17-5-11-21(18-6-9-20(25)10-7-18)22(15-17)24-13-8-19-14-16(2)4-12-23(19)26-24/h4-15H,3H2,1-2H3. The highest BCUT2D eigenvalue weighted by atomic mass is 35.5. The van der Waals surface area contributed by atoms with Crippen LogP contribution in [-0.4, -0.2) is 4.98 Å². The zero-order valence-electron chi connectivity index (χ0n) is 15.0. The summed E-state index contributed by atoms with van der Waals surface area (Å²) in [7, 11) is 0. The molecule has 0 unspecified atom stereocenters. The summed E-state index contributed by atoms with van der Waals surface area (Å²) >= 11 is 6.07. The quantitative estimate of drug-likeness (QED) is 0.381. The number of aromatic nitrogens is 1. The van der Waals surface area contributed by atoms with Crippen molar-refractivity contribution in [3.8, 4) is 22.4 Å². The van der Waals surface area contributed by atoms with Crippen LogP contribution in [0.1, 0.15) is 18.1 Å². The first-order chi connectivity index (χ1) is 12.6. The number of aryl methyl sites for hydroxylation is 2. The van der Waals surface area contributed by atoms with Crippen LogP contribution in [-0.2, 0) is 6.42 Å². The zero-order valence-corrected chi connectivity index (χ0v) is 15.7. The molecule has 0 atom stereocenters. The van der Waals surface area contributed by atoms with Crippen LogP contribution in [0.3, 0.4) is 0 Å². The first kappa shape index (κ1) is 16.8. The van der Waals surface area contributed by atoms with Crippen LogP contribution in [0.25, 0.3) is 33.3 Å². The van der Waals surface area contributed by atoms with Gasteiger partial charge in [-0.1, -0.05) is 60.5 Å². The second kappa shape index (κ2) is 6.93. The molecule has 0 radical (unpaired) electrons. The third-order valence-electron chi connectivity index (χ3n) is 4.77. The molecule has 0 bridgehead atoms. The van der Waals surface area contributed by atoms with Gasteiger partial charge in [-0.15, -0.1) is 0 Å². The highest BCUT2D eigenvalue weighted by molar-refractivity contribution is 6.30. The van der Waals surface area contributed by atoms with Crippen molar-refractivity contribution in [1.82, 2.24) is 4.98 Å². The Labute approximate surface area is 159 Å². The van der Waals surface area contributed by atoms with Gasteiger partial charge in [0.15, 0.2) is 0 Å². The average molecular weight is 358 g/mol. The van der Waals surface area contributed by atoms with Crippen molar-refractivity contribution in [3.05, 3.63) is 88.9 Å². The molecule has 0 amide bonds. The van der Waals surface area contributed by atoms with E-state index in [-0.39, 0.29) is 0 Å². The molecule has 0 aliphatic rings. The highest BCUT2D eigenvalue weighted by Crippen LogP contribution is 2.33. The number of hydrogen-bond donors (Lipinski definition) is 0. The van der Waals surface area contributed by atoms with E-state index in [9.17, 15) is 0 Å². The summed E-state index contributed by atoms with van der Waals surface area (Å²) in [6, 6.07) is 25.3. The van der Waals surface area contributed by atoms with Crippen LogP contribution in [0.4, 0.5) is 0 Å². The van der Waals surface area contributed by atoms with Gasteiger partial charge in [0, 0.05) is 16.0 Å². The molecule has 0 fully saturated rings. The number of nitrogens with zero attached hydrogens (tertiary/aromatic N) is 1. The molecule has 4 rings (SSSR count). The second-order valence-electron chi connectivity index (χ2n) is 6.63. The summed E-state index contributed by atoms with van der Waals surface area (Å²) in [5.74, 6) is 0. The lowest BCUT2D eigenvalue weighted by molar-refractivity contribution is 1.14. The predicted molar refractivity (Wildman–Crippen MR) is 112 cm³/mol. The molecule has 0 spiro atoms. The fourth-order valence-corrected chi connectivity index (χ4v) is 3.43. The van der Waals surface area contributed by atoms with Gasteiger partial charge in [0.2, 0.25) is 0 Å². The van der Waals surface area contributed by atoms with Crippen molar-refractivity contribution < 1.29 is 0 Å². The molecule has 0 saturated carbocycles. The van der Waals surface area contributed by atoms with Gasteiger partial charge in [-0.25, -0.2) is 4.98 Å². The summed E-state index contributed by atoms with van der Waals surface area (Å²) in [5, 5.41) is 1.92. The van der Waals surface area contributed by atoms with Crippen LogP contribution in [0, 0.1) is 6.92 Å². The van der Waals surface area contributed by atoms with E-state index in [1.165, 1.54) is 22.1 Å². The smallest absolute Gasteiger partial charge is 0.0716 e. The monoisotopic (exact) mass is 357 g/mol. The molecule has 26 heavy (non-hydrogen) atoms. The summed E-state index contributed by atoms with van der Waals surface area (Å²) in [6.45, 7) is 4.29. The van der Waals surface area contributed by atoms with Gasteiger partial charge in [-0.3, -0.25) is 0 Å². The van der Waals surface area contributed by atoms with E-state index in [0.717, 1.165) is 33.8 Å². The molecule has 3 aromatic carbocycles. The molecule has 0 saturated heterocycles. The summed E-state index contributed by atoms with van der Waals surface area (Å²) in [6.07, 6.45) is 1.00. The molecule has 2 heteroatoms. The van der Waals surface area contributed by atoms with Crippen molar-refractivity contribution in [2.45, 2.75) is 20.3 Å². The van der Waals surface area contributed by atoms with Gasteiger partial charge in [0.05, 0.1) is 11.2 Å². The maximum absolute atomic E-state index is 6.07. The largest absolute Gasteiger partial charge is 0.248 e. The van der Waals surface area contributed by atoms with E-state index in [1.807, 2.05) is 12.1 Å². The minimum absolute atomic E-state index is 0.750. The van der Waals surface area contributed by atoms with Gasteiger partial charge >= 0.3 is 0 Å². The van der Waals surface area contributed by atoms with Crippen molar-refractivity contribution in [3.63, 3.8) is 0 Å². The molecule has 4 aromatic rings. The van der Waals surface area contributed by atoms with Crippen molar-refractivity contribution in [1.29, 1.82) is 0 Å². The van der Waals surface area contributed by atoms with Gasteiger partial charge < -0.3 is 0 Å². The summed E-state index contributed by atoms with van der Waals surface area (Å²) < 4.78 is 0. The fraction of sp³-hybridized carbons (Fsp3) is 0.125. The second-order valence-corrected chi connectivity index (χ2v) is 7.07. The zero-order chi connectivity index (χ0) is 18.1. The van der Waals surface area contributed by atoms with Crippen LogP contribution in [0.2, 0.25) is 5.02 Å². The number of benzene rings is 3. The van der Waals surface area contributed by atoms with Gasteiger partial charge in [0.25, 0.3) is 0 Å². The predicted octanol–water partition coefficient (Wildman–Crippen LogP) is 7.09. The molecule has 128 valence electrons. The Morgan fingerprint density at radius 3 is 2.38 bits per heavy atom. The molecule has 0 aliphatic heterocycles. The van der Waals surface area contributed by atoms with E-state index < -0.39 is 0 Å². The third kappa shape index (κ3) is 3.23. The van der Waals surface area contributed by atoms with Gasteiger partial charge in [-0.2, -0.15) is 0 Å².